The first-order chi connectivity index (χ1) is 7.29. The van der Waals surface area contributed by atoms with E-state index in [0.717, 1.165) is 44.0 Å². The molecule has 2 rings (SSSR count). The van der Waals surface area contributed by atoms with Gasteiger partial charge in [-0.05, 0) is 31.3 Å². The van der Waals surface area contributed by atoms with Crippen LogP contribution in [0.25, 0.3) is 0 Å². The third-order valence-electron chi connectivity index (χ3n) is 3.35. The fourth-order valence-electron chi connectivity index (χ4n) is 2.35. The average Bonchev–Trinajstić information content (AvgIpc) is 2.30. The summed E-state index contributed by atoms with van der Waals surface area (Å²) in [5.74, 6) is 3.05. The lowest BCUT2D eigenvalue weighted by atomic mass is 9.99. The molecule has 2 heterocycles. The Morgan fingerprint density at radius 2 is 2.13 bits per heavy atom. The van der Waals surface area contributed by atoms with Gasteiger partial charge in [0.1, 0.15) is 0 Å². The quantitative estimate of drug-likeness (QED) is 0.725. The number of carbonyl (C=O) groups excluding carboxylic acids is 1. The van der Waals surface area contributed by atoms with E-state index < -0.39 is 0 Å². The second-order valence-corrected chi connectivity index (χ2v) is 5.70. The Bertz CT molecular complexity index is 229. The highest BCUT2D eigenvalue weighted by Crippen LogP contribution is 2.25. The molecule has 2 aliphatic rings. The topological polar surface area (TPSA) is 32.3 Å². The number of nitrogens with zero attached hydrogens (tertiary/aromatic N) is 1. The fraction of sp³-hybridized carbons (Fsp3) is 0.909. The lowest BCUT2D eigenvalue weighted by molar-refractivity contribution is -0.138. The van der Waals surface area contributed by atoms with E-state index in [-0.39, 0.29) is 0 Å². The highest BCUT2D eigenvalue weighted by molar-refractivity contribution is 7.99. The van der Waals surface area contributed by atoms with Gasteiger partial charge in [0, 0.05) is 31.6 Å². The van der Waals surface area contributed by atoms with E-state index in [4.69, 9.17) is 0 Å². The van der Waals surface area contributed by atoms with Crippen LogP contribution in [-0.2, 0) is 4.79 Å². The van der Waals surface area contributed by atoms with Gasteiger partial charge in [-0.25, -0.2) is 0 Å². The predicted molar refractivity (Wildman–Crippen MR) is 64.1 cm³/mol. The van der Waals surface area contributed by atoms with Crippen molar-refractivity contribution in [2.45, 2.75) is 25.8 Å². The van der Waals surface area contributed by atoms with Crippen molar-refractivity contribution in [2.75, 3.05) is 31.1 Å². The van der Waals surface area contributed by atoms with Gasteiger partial charge in [0.05, 0.1) is 0 Å². The maximum atomic E-state index is 12.3. The molecule has 0 aromatic heterocycles. The van der Waals surface area contributed by atoms with Crippen molar-refractivity contribution in [2.24, 2.45) is 5.92 Å². The van der Waals surface area contributed by atoms with Gasteiger partial charge in [0.25, 0.3) is 0 Å². The zero-order valence-electron chi connectivity index (χ0n) is 9.37. The van der Waals surface area contributed by atoms with Gasteiger partial charge in [-0.2, -0.15) is 11.8 Å². The number of carbonyl (C=O) groups is 1. The molecule has 4 heteroatoms. The summed E-state index contributed by atoms with van der Waals surface area (Å²) in [5.41, 5.74) is 0. The molecule has 2 aliphatic heterocycles. The van der Waals surface area contributed by atoms with Crippen molar-refractivity contribution in [3.05, 3.63) is 0 Å². The Balaban J connectivity index is 1.92. The van der Waals surface area contributed by atoms with E-state index in [1.54, 1.807) is 0 Å². The second-order valence-electron chi connectivity index (χ2n) is 4.47. The first-order valence-corrected chi connectivity index (χ1v) is 7.03. The number of rotatable bonds is 1. The highest BCUT2D eigenvalue weighted by Gasteiger charge is 2.29. The first-order valence-electron chi connectivity index (χ1n) is 5.88. The summed E-state index contributed by atoms with van der Waals surface area (Å²) < 4.78 is 0. The van der Waals surface area contributed by atoms with E-state index >= 15 is 0 Å². The summed E-state index contributed by atoms with van der Waals surface area (Å²) in [4.78, 5) is 14.3. The SMILES string of the molecule is C[C@@H]1CNCCN1C(=O)C1CCSCC1. The Kier molecular flexibility index (Phi) is 3.92. The molecule has 0 radical (unpaired) electrons. The summed E-state index contributed by atoms with van der Waals surface area (Å²) >= 11 is 1.98. The van der Waals surface area contributed by atoms with Gasteiger partial charge in [-0.15, -0.1) is 0 Å². The molecule has 0 aromatic carbocycles. The van der Waals surface area contributed by atoms with Crippen molar-refractivity contribution in [1.29, 1.82) is 0 Å². The monoisotopic (exact) mass is 228 g/mol. The van der Waals surface area contributed by atoms with Gasteiger partial charge in [-0.1, -0.05) is 0 Å². The Labute approximate surface area is 96.0 Å². The number of thioether (sulfide) groups is 1. The maximum absolute atomic E-state index is 12.3. The minimum Gasteiger partial charge on any atom is -0.337 e. The molecule has 3 nitrogen and oxygen atoms in total. The van der Waals surface area contributed by atoms with Gasteiger partial charge < -0.3 is 10.2 Å². The summed E-state index contributed by atoms with van der Waals surface area (Å²) in [5, 5.41) is 3.32. The van der Waals surface area contributed by atoms with Crippen molar-refractivity contribution in [3.8, 4) is 0 Å². The molecule has 1 amide bonds. The Morgan fingerprint density at radius 1 is 1.40 bits per heavy atom. The Morgan fingerprint density at radius 3 is 2.80 bits per heavy atom. The third-order valence-corrected chi connectivity index (χ3v) is 4.40. The zero-order chi connectivity index (χ0) is 10.7. The van der Waals surface area contributed by atoms with Gasteiger partial charge in [0.2, 0.25) is 5.91 Å². The minimum atomic E-state index is 0.312. The lowest BCUT2D eigenvalue weighted by Crippen LogP contribution is -2.54. The van der Waals surface area contributed by atoms with E-state index in [1.165, 1.54) is 0 Å². The van der Waals surface area contributed by atoms with Crippen LogP contribution in [-0.4, -0.2) is 48.0 Å². The summed E-state index contributed by atoms with van der Waals surface area (Å²) in [6.45, 7) is 4.94. The molecule has 0 saturated carbocycles. The van der Waals surface area contributed by atoms with E-state index in [2.05, 4.69) is 17.1 Å². The smallest absolute Gasteiger partial charge is 0.226 e. The molecule has 2 saturated heterocycles. The van der Waals surface area contributed by atoms with Gasteiger partial charge in [0.15, 0.2) is 0 Å². The summed E-state index contributed by atoms with van der Waals surface area (Å²) in [6, 6.07) is 0.376. The van der Waals surface area contributed by atoms with E-state index in [9.17, 15) is 4.79 Å². The standard InChI is InChI=1S/C11H20N2OS/c1-9-8-12-4-5-13(9)11(14)10-2-6-15-7-3-10/h9-10,12H,2-8H2,1H3/t9-/m1/s1. The fourth-order valence-corrected chi connectivity index (χ4v) is 3.45. The molecule has 0 aromatic rings. The minimum absolute atomic E-state index is 0.312. The second kappa shape index (κ2) is 5.21. The largest absolute Gasteiger partial charge is 0.337 e. The van der Waals surface area contributed by atoms with Crippen LogP contribution in [0.3, 0.4) is 0 Å². The number of piperazine rings is 1. The van der Waals surface area contributed by atoms with Crippen molar-refractivity contribution >= 4 is 17.7 Å². The molecule has 0 aliphatic carbocycles. The highest BCUT2D eigenvalue weighted by atomic mass is 32.2. The Hall–Kier alpha value is -0.220. The molecular formula is C11H20N2OS. The molecule has 2 fully saturated rings. The molecule has 1 atom stereocenters. The molecule has 0 bridgehead atoms. The number of nitrogens with one attached hydrogen (secondary N) is 1. The normalized spacial score (nSPS) is 29.1. The van der Waals surface area contributed by atoms with Crippen LogP contribution in [0.5, 0.6) is 0 Å². The van der Waals surface area contributed by atoms with Crippen LogP contribution in [0.4, 0.5) is 0 Å². The number of hydrogen-bond acceptors (Lipinski definition) is 3. The van der Waals surface area contributed by atoms with Crippen LogP contribution >= 0.6 is 11.8 Å². The molecule has 15 heavy (non-hydrogen) atoms. The average molecular weight is 228 g/mol. The number of hydrogen-bond donors (Lipinski definition) is 1. The van der Waals surface area contributed by atoms with Crippen molar-refractivity contribution in [3.63, 3.8) is 0 Å². The van der Waals surface area contributed by atoms with Crippen LogP contribution in [0.1, 0.15) is 19.8 Å². The van der Waals surface area contributed by atoms with Crippen LogP contribution in [0.2, 0.25) is 0 Å². The predicted octanol–water partition coefficient (Wildman–Crippen LogP) is 0.950. The van der Waals surface area contributed by atoms with Gasteiger partial charge in [-0.3, -0.25) is 4.79 Å². The van der Waals surface area contributed by atoms with Gasteiger partial charge >= 0.3 is 0 Å². The van der Waals surface area contributed by atoms with Crippen LogP contribution in [0, 0.1) is 5.92 Å². The van der Waals surface area contributed by atoms with Crippen LogP contribution < -0.4 is 5.32 Å². The van der Waals surface area contributed by atoms with Crippen molar-refractivity contribution < 1.29 is 4.79 Å². The van der Waals surface area contributed by atoms with Crippen molar-refractivity contribution in [1.82, 2.24) is 10.2 Å². The van der Waals surface area contributed by atoms with E-state index in [0.29, 0.717) is 17.9 Å². The first kappa shape index (κ1) is 11.3. The maximum Gasteiger partial charge on any atom is 0.226 e. The molecule has 0 unspecified atom stereocenters. The molecule has 86 valence electrons. The third kappa shape index (κ3) is 2.67. The molecule has 0 spiro atoms. The summed E-state index contributed by atoms with van der Waals surface area (Å²) in [7, 11) is 0. The zero-order valence-corrected chi connectivity index (χ0v) is 10.2. The summed E-state index contributed by atoms with van der Waals surface area (Å²) in [6.07, 6.45) is 2.17. The van der Waals surface area contributed by atoms with Crippen LogP contribution in [0.15, 0.2) is 0 Å². The lowest BCUT2D eigenvalue weighted by Gasteiger charge is -2.37. The molecular weight excluding hydrogens is 208 g/mol. The van der Waals surface area contributed by atoms with E-state index in [1.807, 2.05) is 11.8 Å². The number of amides is 1. The molecule has 1 N–H and O–H groups in total.